The number of hydrogen-bond donors (Lipinski definition) is 15. The lowest BCUT2D eigenvalue weighted by atomic mass is 9.97. The number of phenols is 5. The maximum Gasteiger partial charge on any atom is 0.331 e. The molecule has 3 aliphatic heterocycles. The molecule has 0 bridgehead atoms. The van der Waals surface area contributed by atoms with E-state index in [0.29, 0.717) is 0 Å². The molecule has 0 radical (unpaired) electrons. The zero-order chi connectivity index (χ0) is 48.6. The summed E-state index contributed by atoms with van der Waals surface area (Å²) < 4.78 is 45.7. The van der Waals surface area contributed by atoms with Crippen LogP contribution in [0.2, 0.25) is 0 Å². The van der Waals surface area contributed by atoms with Gasteiger partial charge in [0, 0.05) is 23.8 Å². The number of rotatable bonds is 13. The van der Waals surface area contributed by atoms with Gasteiger partial charge in [-0.05, 0) is 42.0 Å². The lowest BCUT2D eigenvalue weighted by Crippen LogP contribution is -2.65. The van der Waals surface area contributed by atoms with E-state index in [1.807, 2.05) is 0 Å². The highest BCUT2D eigenvalue weighted by atomic mass is 16.8. The number of ether oxygens (including phenoxy) is 7. The van der Waals surface area contributed by atoms with Gasteiger partial charge in [-0.2, -0.15) is 0 Å². The maximum atomic E-state index is 14.5. The molecule has 25 nitrogen and oxygen atoms in total. The predicted molar refractivity (Wildman–Crippen MR) is 217 cm³/mol. The molecule has 0 amide bonds. The standard InChI is InChI=1S/C42H46O25/c43-11-23-28(52)32(56)35(59)40(62-23)60-16-9-21(50)27-22(10-16)61-36(15-3-5-18(47)20(49)8-15)37(31(27)55)66-42-39(34(58)30(54)25(13-45)64-42)67-41-38(33(57)29(53)24(12-44)63-41)65-26(51)6-2-14-1-4-17(46)19(48)7-14/h1-10,23-25,28-30,32-35,38-50,52-54,56-59H,11-13H2. The molecule has 7 rings (SSSR count). The Balaban J connectivity index is 1.26. The van der Waals surface area contributed by atoms with E-state index in [0.717, 1.165) is 54.6 Å². The molecule has 4 aromatic rings. The van der Waals surface area contributed by atoms with Crippen molar-refractivity contribution in [2.24, 2.45) is 0 Å². The van der Waals surface area contributed by atoms with Gasteiger partial charge in [-0.15, -0.1) is 0 Å². The van der Waals surface area contributed by atoms with E-state index in [2.05, 4.69) is 0 Å². The highest BCUT2D eigenvalue weighted by Crippen LogP contribution is 2.41. The van der Waals surface area contributed by atoms with E-state index in [1.54, 1.807) is 0 Å². The van der Waals surface area contributed by atoms with Crippen molar-refractivity contribution in [3.05, 3.63) is 70.4 Å². The summed E-state index contributed by atoms with van der Waals surface area (Å²) in [6, 6.07) is 8.46. The Labute approximate surface area is 375 Å². The van der Waals surface area contributed by atoms with E-state index in [9.17, 15) is 86.2 Å². The Kier molecular flexibility index (Phi) is 14.7. The van der Waals surface area contributed by atoms with E-state index >= 15 is 0 Å². The van der Waals surface area contributed by atoms with Crippen molar-refractivity contribution in [3.63, 3.8) is 0 Å². The van der Waals surface area contributed by atoms with Crippen LogP contribution < -0.4 is 14.9 Å². The highest BCUT2D eigenvalue weighted by Gasteiger charge is 2.53. The number of aliphatic hydroxyl groups excluding tert-OH is 10. The van der Waals surface area contributed by atoms with Crippen LogP contribution in [-0.2, 0) is 28.5 Å². The fourth-order valence-corrected chi connectivity index (χ4v) is 7.43. The molecule has 364 valence electrons. The predicted octanol–water partition coefficient (Wildman–Crippen LogP) is -3.57. The number of carbonyl (C=O) groups excluding carboxylic acids is 1. The minimum atomic E-state index is -2.17. The average Bonchev–Trinajstić information content (AvgIpc) is 3.30. The van der Waals surface area contributed by atoms with Gasteiger partial charge in [0.05, 0.1) is 19.8 Å². The molecular formula is C42H46O25. The van der Waals surface area contributed by atoms with Gasteiger partial charge < -0.3 is 114 Å². The summed E-state index contributed by atoms with van der Waals surface area (Å²) in [5, 5.41) is 155. The Morgan fingerprint density at radius 1 is 0.582 bits per heavy atom. The molecule has 0 aliphatic carbocycles. The lowest BCUT2D eigenvalue weighted by Gasteiger charge is -2.46. The van der Waals surface area contributed by atoms with Gasteiger partial charge in [0.2, 0.25) is 23.8 Å². The van der Waals surface area contributed by atoms with Crippen LogP contribution in [0.4, 0.5) is 0 Å². The van der Waals surface area contributed by atoms with Gasteiger partial charge >= 0.3 is 5.97 Å². The van der Waals surface area contributed by atoms with Gasteiger partial charge in [-0.3, -0.25) is 4.79 Å². The SMILES string of the molecule is O=C(C=Cc1ccc(O)c(O)c1)OC1C(OC2C(Oc3c(-c4ccc(O)c(O)c4)oc4cc(OC5OC(CO)C(O)C(O)C5O)cc(O)c4c3=O)OC(CO)C(O)C2O)OC(CO)C(O)C1O. The van der Waals surface area contributed by atoms with Crippen molar-refractivity contribution >= 4 is 23.0 Å². The normalized spacial score (nSPS) is 32.3. The fourth-order valence-electron chi connectivity index (χ4n) is 7.43. The second kappa shape index (κ2) is 20.1. The number of carbonyl (C=O) groups is 1. The quantitative estimate of drug-likeness (QED) is 0.0350. The van der Waals surface area contributed by atoms with Crippen LogP contribution in [-0.4, -0.2) is 195 Å². The molecular weight excluding hydrogens is 904 g/mol. The van der Waals surface area contributed by atoms with Gasteiger partial charge in [0.1, 0.15) is 83.5 Å². The molecule has 1 aromatic heterocycles. The van der Waals surface area contributed by atoms with E-state index in [4.69, 9.17) is 37.6 Å². The summed E-state index contributed by atoms with van der Waals surface area (Å²) in [7, 11) is 0. The molecule has 3 aromatic carbocycles. The monoisotopic (exact) mass is 950 g/mol. The van der Waals surface area contributed by atoms with Gasteiger partial charge in [-0.1, -0.05) is 6.07 Å². The van der Waals surface area contributed by atoms with Crippen LogP contribution in [0.5, 0.6) is 40.2 Å². The first-order chi connectivity index (χ1) is 31.8. The summed E-state index contributed by atoms with van der Waals surface area (Å²) in [5.41, 5.74) is -1.72. The molecule has 25 heteroatoms. The third kappa shape index (κ3) is 9.91. The van der Waals surface area contributed by atoms with Gasteiger partial charge in [0.25, 0.3) is 0 Å². The summed E-state index contributed by atoms with van der Waals surface area (Å²) in [5.74, 6) is -6.30. The van der Waals surface area contributed by atoms with Crippen LogP contribution in [0, 0.1) is 0 Å². The number of aromatic hydroxyl groups is 5. The van der Waals surface area contributed by atoms with Crippen LogP contribution in [0.1, 0.15) is 5.56 Å². The molecule has 67 heavy (non-hydrogen) atoms. The first kappa shape index (κ1) is 49.0. The van der Waals surface area contributed by atoms with E-state index in [1.165, 1.54) is 6.07 Å². The third-order valence-corrected chi connectivity index (χ3v) is 11.1. The fraction of sp³-hybridized carbons (Fsp3) is 0.429. The Hall–Kier alpha value is -5.88. The number of esters is 1. The molecule has 15 unspecified atom stereocenters. The van der Waals surface area contributed by atoms with Crippen LogP contribution in [0.25, 0.3) is 28.4 Å². The lowest BCUT2D eigenvalue weighted by molar-refractivity contribution is -0.358. The number of fused-ring (bicyclic) bond motifs is 1. The smallest absolute Gasteiger partial charge is 0.331 e. The van der Waals surface area contributed by atoms with Crippen LogP contribution in [0.3, 0.4) is 0 Å². The molecule has 3 saturated heterocycles. The molecule has 15 atom stereocenters. The first-order valence-electron chi connectivity index (χ1n) is 20.2. The topological polar surface area (TPSA) is 415 Å². The van der Waals surface area contributed by atoms with Crippen LogP contribution in [0.15, 0.2) is 63.8 Å². The minimum absolute atomic E-state index is 0.200. The maximum absolute atomic E-state index is 14.5. The molecule has 3 fully saturated rings. The average molecular weight is 951 g/mol. The van der Waals surface area contributed by atoms with E-state index in [-0.39, 0.29) is 16.9 Å². The number of aliphatic hydroxyl groups is 10. The Morgan fingerprint density at radius 2 is 1.15 bits per heavy atom. The number of phenolic OH excluding ortho intramolecular Hbond substituents is 5. The summed E-state index contributed by atoms with van der Waals surface area (Å²) in [4.78, 5) is 27.6. The van der Waals surface area contributed by atoms with Crippen LogP contribution >= 0.6 is 0 Å². The molecule has 3 aliphatic rings. The second-order valence-electron chi connectivity index (χ2n) is 15.5. The van der Waals surface area contributed by atoms with Crippen molar-refractivity contribution < 1.29 is 119 Å². The zero-order valence-electron chi connectivity index (χ0n) is 34.3. The highest BCUT2D eigenvalue weighted by molar-refractivity contribution is 5.89. The third-order valence-electron chi connectivity index (χ3n) is 11.1. The molecule has 15 N–H and O–H groups in total. The van der Waals surface area contributed by atoms with Crippen molar-refractivity contribution in [1.82, 2.24) is 0 Å². The Bertz CT molecular complexity index is 2490. The van der Waals surface area contributed by atoms with E-state index < -0.39 is 175 Å². The number of hydrogen-bond acceptors (Lipinski definition) is 25. The number of benzene rings is 3. The van der Waals surface area contributed by atoms with Crippen molar-refractivity contribution in [2.45, 2.75) is 92.1 Å². The van der Waals surface area contributed by atoms with Crippen molar-refractivity contribution in [1.29, 1.82) is 0 Å². The van der Waals surface area contributed by atoms with Crippen molar-refractivity contribution in [3.8, 4) is 51.6 Å². The molecule has 0 spiro atoms. The van der Waals surface area contributed by atoms with Gasteiger partial charge in [-0.25, -0.2) is 4.79 Å². The van der Waals surface area contributed by atoms with Crippen molar-refractivity contribution in [2.75, 3.05) is 19.8 Å². The minimum Gasteiger partial charge on any atom is -0.507 e. The van der Waals surface area contributed by atoms with Gasteiger partial charge in [0.15, 0.2) is 47.3 Å². The zero-order valence-corrected chi connectivity index (χ0v) is 34.3. The first-order valence-corrected chi connectivity index (χ1v) is 20.2. The summed E-state index contributed by atoms with van der Waals surface area (Å²) in [6.45, 7) is -2.75. The molecule has 0 saturated carbocycles. The molecule has 4 heterocycles. The second-order valence-corrected chi connectivity index (χ2v) is 15.5. The summed E-state index contributed by atoms with van der Waals surface area (Å²) in [6.07, 6.45) is -26.5. The largest absolute Gasteiger partial charge is 0.507 e. The summed E-state index contributed by atoms with van der Waals surface area (Å²) >= 11 is 0. The Morgan fingerprint density at radius 3 is 1.76 bits per heavy atom.